The largest absolute Gasteiger partial charge is 0.396 e. The van der Waals surface area contributed by atoms with E-state index in [1.54, 1.807) is 29.4 Å². The van der Waals surface area contributed by atoms with E-state index in [2.05, 4.69) is 4.98 Å². The Hall–Kier alpha value is -1.68. The standard InChI is InChI=1S/C14H18N2O2/c17-11-13-4-2-8-16(10-13)14(18)6-5-12-3-1-7-15-9-12/h1,3,5-7,9,13,17H,2,4,8,10-11H2/b6-5+. The predicted molar refractivity (Wildman–Crippen MR) is 69.7 cm³/mol. The average molecular weight is 246 g/mol. The van der Waals surface area contributed by atoms with Gasteiger partial charge in [0.1, 0.15) is 0 Å². The molecule has 0 aliphatic carbocycles. The molecule has 0 saturated carbocycles. The molecular formula is C14H18N2O2. The van der Waals surface area contributed by atoms with Crippen molar-refractivity contribution in [1.82, 2.24) is 9.88 Å². The minimum atomic E-state index is 0.0111. The van der Waals surface area contributed by atoms with E-state index < -0.39 is 0 Å². The number of amides is 1. The van der Waals surface area contributed by atoms with E-state index in [9.17, 15) is 4.79 Å². The number of aliphatic hydroxyl groups is 1. The third-order valence-corrected chi connectivity index (χ3v) is 3.19. The first-order chi connectivity index (χ1) is 8.79. The van der Waals surface area contributed by atoms with Crippen LogP contribution in [0.5, 0.6) is 0 Å². The topological polar surface area (TPSA) is 53.4 Å². The molecule has 0 spiro atoms. The molecule has 1 atom stereocenters. The van der Waals surface area contributed by atoms with Gasteiger partial charge in [-0.05, 0) is 36.5 Å². The van der Waals surface area contributed by atoms with Gasteiger partial charge in [0.2, 0.25) is 5.91 Å². The number of aromatic nitrogens is 1. The zero-order chi connectivity index (χ0) is 12.8. The Labute approximate surface area is 107 Å². The zero-order valence-corrected chi connectivity index (χ0v) is 10.3. The molecule has 1 N–H and O–H groups in total. The quantitative estimate of drug-likeness (QED) is 0.818. The molecule has 0 aromatic carbocycles. The van der Waals surface area contributed by atoms with Crippen LogP contribution >= 0.6 is 0 Å². The Bertz CT molecular complexity index is 417. The number of piperidine rings is 1. The molecule has 1 unspecified atom stereocenters. The molecule has 1 saturated heterocycles. The second kappa shape index (κ2) is 6.31. The van der Waals surface area contributed by atoms with E-state index in [-0.39, 0.29) is 18.4 Å². The molecule has 1 amide bonds. The number of aliphatic hydroxyl groups excluding tert-OH is 1. The van der Waals surface area contributed by atoms with Gasteiger partial charge in [0.25, 0.3) is 0 Å². The monoisotopic (exact) mass is 246 g/mol. The lowest BCUT2D eigenvalue weighted by Gasteiger charge is -2.31. The zero-order valence-electron chi connectivity index (χ0n) is 10.3. The second-order valence-electron chi connectivity index (χ2n) is 4.59. The fourth-order valence-electron chi connectivity index (χ4n) is 2.16. The van der Waals surface area contributed by atoms with Crippen LogP contribution in [0.1, 0.15) is 18.4 Å². The van der Waals surface area contributed by atoms with Crippen molar-refractivity contribution in [2.75, 3.05) is 19.7 Å². The summed E-state index contributed by atoms with van der Waals surface area (Å²) in [7, 11) is 0. The number of rotatable bonds is 3. The van der Waals surface area contributed by atoms with E-state index in [1.165, 1.54) is 0 Å². The van der Waals surface area contributed by atoms with Gasteiger partial charge in [-0.15, -0.1) is 0 Å². The molecule has 4 heteroatoms. The van der Waals surface area contributed by atoms with Crippen LogP contribution in [0.25, 0.3) is 6.08 Å². The molecule has 1 aromatic heterocycles. The molecule has 2 rings (SSSR count). The van der Waals surface area contributed by atoms with Crippen molar-refractivity contribution in [2.24, 2.45) is 5.92 Å². The van der Waals surface area contributed by atoms with Gasteiger partial charge >= 0.3 is 0 Å². The lowest BCUT2D eigenvalue weighted by Crippen LogP contribution is -2.40. The summed E-state index contributed by atoms with van der Waals surface area (Å²) >= 11 is 0. The highest BCUT2D eigenvalue weighted by Gasteiger charge is 2.21. The van der Waals surface area contributed by atoms with Crippen molar-refractivity contribution < 1.29 is 9.90 Å². The van der Waals surface area contributed by atoms with Gasteiger partial charge in [0.05, 0.1) is 0 Å². The van der Waals surface area contributed by atoms with Gasteiger partial charge in [-0.1, -0.05) is 6.07 Å². The van der Waals surface area contributed by atoms with Crippen LogP contribution in [0.15, 0.2) is 30.6 Å². The molecule has 2 heterocycles. The van der Waals surface area contributed by atoms with Gasteiger partial charge in [-0.2, -0.15) is 0 Å². The van der Waals surface area contributed by atoms with Crippen molar-refractivity contribution in [3.63, 3.8) is 0 Å². The summed E-state index contributed by atoms with van der Waals surface area (Å²) in [6.07, 6.45) is 8.76. The predicted octanol–water partition coefficient (Wildman–Crippen LogP) is 1.33. The summed E-state index contributed by atoms with van der Waals surface area (Å²) in [6, 6.07) is 3.75. The maximum Gasteiger partial charge on any atom is 0.246 e. The Morgan fingerprint density at radius 1 is 1.61 bits per heavy atom. The molecule has 4 nitrogen and oxygen atoms in total. The van der Waals surface area contributed by atoms with Crippen LogP contribution in [0.3, 0.4) is 0 Å². The second-order valence-corrected chi connectivity index (χ2v) is 4.59. The minimum Gasteiger partial charge on any atom is -0.396 e. The van der Waals surface area contributed by atoms with Crippen LogP contribution in [-0.4, -0.2) is 40.6 Å². The molecule has 1 aliphatic heterocycles. The van der Waals surface area contributed by atoms with Crippen molar-refractivity contribution >= 4 is 12.0 Å². The molecule has 1 aliphatic rings. The summed E-state index contributed by atoms with van der Waals surface area (Å²) in [5.41, 5.74) is 0.918. The molecule has 1 fully saturated rings. The summed E-state index contributed by atoms with van der Waals surface area (Å²) in [6.45, 7) is 1.61. The highest BCUT2D eigenvalue weighted by molar-refractivity contribution is 5.91. The summed E-state index contributed by atoms with van der Waals surface area (Å²) in [4.78, 5) is 17.8. The first kappa shape index (κ1) is 12.8. The van der Waals surface area contributed by atoms with E-state index in [4.69, 9.17) is 5.11 Å². The minimum absolute atomic E-state index is 0.0111. The van der Waals surface area contributed by atoms with Crippen LogP contribution in [0.4, 0.5) is 0 Å². The lowest BCUT2D eigenvalue weighted by atomic mass is 9.99. The number of carbonyl (C=O) groups excluding carboxylic acids is 1. The van der Waals surface area contributed by atoms with E-state index >= 15 is 0 Å². The molecular weight excluding hydrogens is 228 g/mol. The number of pyridine rings is 1. The van der Waals surface area contributed by atoms with Crippen LogP contribution in [0.2, 0.25) is 0 Å². The fraction of sp³-hybridized carbons (Fsp3) is 0.429. The van der Waals surface area contributed by atoms with Crippen LogP contribution in [-0.2, 0) is 4.79 Å². The van der Waals surface area contributed by atoms with Gasteiger partial charge in [-0.3, -0.25) is 9.78 Å². The molecule has 18 heavy (non-hydrogen) atoms. The highest BCUT2D eigenvalue weighted by atomic mass is 16.3. The maximum absolute atomic E-state index is 12.0. The van der Waals surface area contributed by atoms with Gasteiger partial charge in [0, 0.05) is 38.2 Å². The molecule has 0 bridgehead atoms. The van der Waals surface area contributed by atoms with E-state index in [1.807, 2.05) is 12.1 Å². The Morgan fingerprint density at radius 2 is 2.50 bits per heavy atom. The fourth-order valence-corrected chi connectivity index (χ4v) is 2.16. The maximum atomic E-state index is 12.0. The van der Waals surface area contributed by atoms with Crippen molar-refractivity contribution in [2.45, 2.75) is 12.8 Å². The molecule has 0 radical (unpaired) electrons. The number of carbonyl (C=O) groups is 1. The van der Waals surface area contributed by atoms with E-state index in [0.29, 0.717) is 6.54 Å². The average Bonchev–Trinajstić information content (AvgIpc) is 2.46. The number of hydrogen-bond acceptors (Lipinski definition) is 3. The lowest BCUT2D eigenvalue weighted by molar-refractivity contribution is -0.127. The number of nitrogens with zero attached hydrogens (tertiary/aromatic N) is 2. The summed E-state index contributed by atoms with van der Waals surface area (Å²) in [5.74, 6) is 0.242. The first-order valence-corrected chi connectivity index (χ1v) is 6.27. The number of likely N-dealkylation sites (tertiary alicyclic amines) is 1. The van der Waals surface area contributed by atoms with Crippen molar-refractivity contribution in [3.05, 3.63) is 36.2 Å². The van der Waals surface area contributed by atoms with Crippen LogP contribution < -0.4 is 0 Å². The summed E-state index contributed by atoms with van der Waals surface area (Å²) < 4.78 is 0. The third kappa shape index (κ3) is 3.40. The highest BCUT2D eigenvalue weighted by Crippen LogP contribution is 2.16. The van der Waals surface area contributed by atoms with Crippen LogP contribution in [0, 0.1) is 5.92 Å². The normalized spacial score (nSPS) is 20.3. The molecule has 1 aromatic rings. The van der Waals surface area contributed by atoms with Gasteiger partial charge in [-0.25, -0.2) is 0 Å². The van der Waals surface area contributed by atoms with E-state index in [0.717, 1.165) is 24.9 Å². The van der Waals surface area contributed by atoms with Crippen molar-refractivity contribution in [1.29, 1.82) is 0 Å². The Morgan fingerprint density at radius 3 is 3.22 bits per heavy atom. The SMILES string of the molecule is O=C(/C=C/c1cccnc1)N1CCCC(CO)C1. The first-order valence-electron chi connectivity index (χ1n) is 6.27. The summed E-state index contributed by atoms with van der Waals surface area (Å²) in [5, 5.41) is 9.13. The Balaban J connectivity index is 1.93. The van der Waals surface area contributed by atoms with Crippen molar-refractivity contribution in [3.8, 4) is 0 Å². The Kier molecular flexibility index (Phi) is 4.47. The third-order valence-electron chi connectivity index (χ3n) is 3.19. The van der Waals surface area contributed by atoms with Gasteiger partial charge < -0.3 is 10.0 Å². The number of hydrogen-bond donors (Lipinski definition) is 1. The molecule has 96 valence electrons. The van der Waals surface area contributed by atoms with Gasteiger partial charge in [0.15, 0.2) is 0 Å². The smallest absolute Gasteiger partial charge is 0.246 e.